The third kappa shape index (κ3) is 3.61. The maximum absolute atomic E-state index is 14.1. The number of rotatable bonds is 5. The molecule has 1 aromatic heterocycles. The van der Waals surface area contributed by atoms with E-state index in [1.54, 1.807) is 29.2 Å². The number of carbonyl (C=O) groups is 3. The van der Waals surface area contributed by atoms with Crippen LogP contribution in [0, 0.1) is 0 Å². The first-order valence-corrected chi connectivity index (χ1v) is 12.7. The maximum Gasteiger partial charge on any atom is 0.332 e. The minimum absolute atomic E-state index is 0.0300. The molecule has 0 saturated carbocycles. The predicted octanol–water partition coefficient (Wildman–Crippen LogP) is 5.18. The van der Waals surface area contributed by atoms with Crippen LogP contribution in [0.15, 0.2) is 78.9 Å². The fourth-order valence-corrected chi connectivity index (χ4v) is 5.54. The second-order valence-electron chi connectivity index (χ2n) is 9.76. The van der Waals surface area contributed by atoms with Crippen molar-refractivity contribution >= 4 is 34.4 Å². The topological polar surface area (TPSA) is 85.5 Å². The number of H-pyrrole nitrogens is 1. The molecule has 7 nitrogen and oxygen atoms in total. The van der Waals surface area contributed by atoms with E-state index in [4.69, 9.17) is 0 Å². The van der Waals surface area contributed by atoms with E-state index in [1.807, 2.05) is 62.4 Å². The quantitative estimate of drug-likeness (QED) is 0.377. The van der Waals surface area contributed by atoms with Gasteiger partial charge in [0.25, 0.3) is 11.8 Å². The van der Waals surface area contributed by atoms with Crippen LogP contribution in [0.5, 0.6) is 0 Å². The number of carbonyl (C=O) groups excluding carboxylic acids is 3. The monoisotopic (exact) mass is 492 g/mol. The van der Waals surface area contributed by atoms with Crippen molar-refractivity contribution in [2.45, 2.75) is 44.8 Å². The molecule has 3 heterocycles. The summed E-state index contributed by atoms with van der Waals surface area (Å²) >= 11 is 0. The summed E-state index contributed by atoms with van der Waals surface area (Å²) in [4.78, 5) is 47.6. The van der Waals surface area contributed by atoms with Gasteiger partial charge in [0.1, 0.15) is 12.1 Å². The average Bonchev–Trinajstić information content (AvgIpc) is 3.42. The molecule has 2 N–H and O–H groups in total. The number of aromatic amines is 1. The van der Waals surface area contributed by atoms with Crippen molar-refractivity contribution in [3.63, 3.8) is 0 Å². The number of para-hydroxylation sites is 2. The Morgan fingerprint density at radius 3 is 2.49 bits per heavy atom. The van der Waals surface area contributed by atoms with E-state index in [9.17, 15) is 14.4 Å². The van der Waals surface area contributed by atoms with Gasteiger partial charge in [0.2, 0.25) is 0 Å². The lowest BCUT2D eigenvalue weighted by Gasteiger charge is -2.36. The highest BCUT2D eigenvalue weighted by Gasteiger charge is 2.53. The number of fused-ring (bicyclic) bond motifs is 4. The van der Waals surface area contributed by atoms with Gasteiger partial charge in [0.15, 0.2) is 0 Å². The fraction of sp³-hybridized carbons (Fsp3) is 0.233. The van der Waals surface area contributed by atoms with Crippen molar-refractivity contribution in [3.8, 4) is 0 Å². The molecule has 0 spiro atoms. The highest BCUT2D eigenvalue weighted by molar-refractivity contribution is 6.24. The summed E-state index contributed by atoms with van der Waals surface area (Å²) in [5.41, 5.74) is 4.51. The molecule has 2 aliphatic heterocycles. The second kappa shape index (κ2) is 8.92. The number of hydrogen-bond donors (Lipinski definition) is 2. The molecule has 4 aromatic rings. The number of aromatic nitrogens is 1. The van der Waals surface area contributed by atoms with Crippen LogP contribution in [0.25, 0.3) is 10.9 Å². The van der Waals surface area contributed by atoms with Gasteiger partial charge in [-0.3, -0.25) is 14.5 Å². The largest absolute Gasteiger partial charge is 0.356 e. The molecule has 0 aliphatic carbocycles. The second-order valence-corrected chi connectivity index (χ2v) is 9.76. The third-order valence-corrected chi connectivity index (χ3v) is 7.54. The minimum Gasteiger partial charge on any atom is -0.356 e. The maximum atomic E-state index is 14.1. The normalized spacial score (nSPS) is 19.6. The Labute approximate surface area is 215 Å². The van der Waals surface area contributed by atoms with Gasteiger partial charge in [-0.15, -0.1) is 0 Å². The summed E-state index contributed by atoms with van der Waals surface area (Å²) in [7, 11) is 0. The Bertz CT molecular complexity index is 1530. The van der Waals surface area contributed by atoms with Crippen LogP contribution in [-0.2, 0) is 11.2 Å². The van der Waals surface area contributed by atoms with Crippen LogP contribution >= 0.6 is 0 Å². The van der Waals surface area contributed by atoms with Gasteiger partial charge in [-0.25, -0.2) is 9.69 Å². The lowest BCUT2D eigenvalue weighted by Crippen LogP contribution is -2.44. The molecule has 0 bridgehead atoms. The summed E-state index contributed by atoms with van der Waals surface area (Å²) in [5, 5.41) is 4.02. The van der Waals surface area contributed by atoms with Crippen LogP contribution in [0.1, 0.15) is 53.5 Å². The molecule has 0 unspecified atom stereocenters. The van der Waals surface area contributed by atoms with Crippen molar-refractivity contribution < 1.29 is 14.4 Å². The van der Waals surface area contributed by atoms with Gasteiger partial charge in [0, 0.05) is 29.1 Å². The van der Waals surface area contributed by atoms with Crippen LogP contribution < -0.4 is 10.2 Å². The zero-order valence-corrected chi connectivity index (χ0v) is 20.8. The Morgan fingerprint density at radius 2 is 1.70 bits per heavy atom. The molecule has 186 valence electrons. The van der Waals surface area contributed by atoms with Gasteiger partial charge in [-0.2, -0.15) is 0 Å². The SMILES string of the molecule is CC[C@@H](C)NC(=O)c1ccccc1N1C(=O)[C@@H]2Cc3c([nH]c4ccccc34)[C@@H](c3ccccc3)N2C1=O. The number of imide groups is 1. The van der Waals surface area contributed by atoms with Crippen molar-refractivity contribution in [1.29, 1.82) is 0 Å². The van der Waals surface area contributed by atoms with Crippen molar-refractivity contribution in [2.24, 2.45) is 0 Å². The van der Waals surface area contributed by atoms with E-state index in [0.29, 0.717) is 17.7 Å². The lowest BCUT2D eigenvalue weighted by molar-refractivity contribution is -0.120. The summed E-state index contributed by atoms with van der Waals surface area (Å²) in [6.45, 7) is 3.92. The van der Waals surface area contributed by atoms with E-state index in [2.05, 4.69) is 16.4 Å². The average molecular weight is 493 g/mol. The zero-order chi connectivity index (χ0) is 25.7. The first-order valence-electron chi connectivity index (χ1n) is 12.7. The Morgan fingerprint density at radius 1 is 1.00 bits per heavy atom. The molecule has 6 rings (SSSR count). The minimum atomic E-state index is -0.671. The zero-order valence-electron chi connectivity index (χ0n) is 20.8. The number of benzene rings is 3. The summed E-state index contributed by atoms with van der Waals surface area (Å²) in [5.74, 6) is -0.614. The van der Waals surface area contributed by atoms with Gasteiger partial charge >= 0.3 is 6.03 Å². The number of anilines is 1. The molecule has 3 atom stereocenters. The van der Waals surface area contributed by atoms with E-state index in [1.165, 1.54) is 4.90 Å². The van der Waals surface area contributed by atoms with Gasteiger partial charge < -0.3 is 10.3 Å². The molecule has 1 saturated heterocycles. The number of nitrogens with one attached hydrogen (secondary N) is 2. The Balaban J connectivity index is 1.47. The van der Waals surface area contributed by atoms with Gasteiger partial charge in [-0.1, -0.05) is 67.6 Å². The summed E-state index contributed by atoms with van der Waals surface area (Å²) in [6.07, 6.45) is 1.18. The number of hydrogen-bond acceptors (Lipinski definition) is 3. The van der Waals surface area contributed by atoms with E-state index in [0.717, 1.165) is 34.1 Å². The molecule has 37 heavy (non-hydrogen) atoms. The molecule has 1 fully saturated rings. The van der Waals surface area contributed by atoms with Crippen molar-refractivity contribution in [1.82, 2.24) is 15.2 Å². The molecular weight excluding hydrogens is 464 g/mol. The lowest BCUT2D eigenvalue weighted by atomic mass is 9.89. The van der Waals surface area contributed by atoms with Crippen molar-refractivity contribution in [3.05, 3.63) is 101 Å². The van der Waals surface area contributed by atoms with Gasteiger partial charge in [-0.05, 0) is 42.7 Å². The highest BCUT2D eigenvalue weighted by atomic mass is 16.2. The van der Waals surface area contributed by atoms with Gasteiger partial charge in [0.05, 0.1) is 11.3 Å². The van der Waals surface area contributed by atoms with Crippen LogP contribution in [0.4, 0.5) is 10.5 Å². The molecule has 4 amide bonds. The Kier molecular flexibility index (Phi) is 5.56. The molecule has 2 aliphatic rings. The highest BCUT2D eigenvalue weighted by Crippen LogP contribution is 2.45. The first kappa shape index (κ1) is 23.0. The number of urea groups is 1. The van der Waals surface area contributed by atoms with E-state index >= 15 is 0 Å². The smallest absolute Gasteiger partial charge is 0.332 e. The summed E-state index contributed by atoms with van der Waals surface area (Å²) < 4.78 is 0. The van der Waals surface area contributed by atoms with E-state index in [-0.39, 0.29) is 17.9 Å². The molecular formula is C30H28N4O3. The standard InChI is InChI=1S/C30H28N4O3/c1-3-18(2)31-28(35)21-14-8-10-16-24(21)34-29(36)25-17-22-20-13-7-9-15-23(20)32-26(22)27(33(25)30(34)37)19-11-5-4-6-12-19/h4-16,18,25,27,32H,3,17H2,1-2H3,(H,31,35)/t18-,25+,27-/m1/s1. The van der Waals surface area contributed by atoms with Crippen LogP contribution in [-0.4, -0.2) is 39.8 Å². The fourth-order valence-electron chi connectivity index (χ4n) is 5.54. The Hall–Kier alpha value is -4.39. The van der Waals surface area contributed by atoms with Crippen molar-refractivity contribution in [2.75, 3.05) is 4.90 Å². The molecule has 7 heteroatoms. The summed E-state index contributed by atoms with van der Waals surface area (Å²) in [6, 6.07) is 23.1. The van der Waals surface area contributed by atoms with E-state index < -0.39 is 18.1 Å². The molecule has 3 aromatic carbocycles. The van der Waals surface area contributed by atoms with Crippen LogP contribution in [0.2, 0.25) is 0 Å². The number of amides is 4. The van der Waals surface area contributed by atoms with Crippen LogP contribution in [0.3, 0.4) is 0 Å². The first-order chi connectivity index (χ1) is 18.0. The predicted molar refractivity (Wildman–Crippen MR) is 142 cm³/mol. The number of nitrogens with zero attached hydrogens (tertiary/aromatic N) is 2. The molecule has 0 radical (unpaired) electrons. The third-order valence-electron chi connectivity index (χ3n) is 7.54.